The summed E-state index contributed by atoms with van der Waals surface area (Å²) in [6, 6.07) is 25.6. The van der Waals surface area contributed by atoms with Gasteiger partial charge in [0.1, 0.15) is 11.6 Å². The van der Waals surface area contributed by atoms with Gasteiger partial charge in [0.2, 0.25) is 0 Å². The minimum Gasteiger partial charge on any atom is -0.497 e. The first-order chi connectivity index (χ1) is 12.3. The molecule has 4 heteroatoms. The summed E-state index contributed by atoms with van der Waals surface area (Å²) >= 11 is 6.33. The van der Waals surface area contributed by atoms with E-state index in [0.29, 0.717) is 11.6 Å². The molecule has 0 atom stereocenters. The van der Waals surface area contributed by atoms with E-state index >= 15 is 0 Å². The number of benzene rings is 3. The Kier molecular flexibility index (Phi) is 5.70. The summed E-state index contributed by atoms with van der Waals surface area (Å²) in [5.74, 6) is 1.50. The third-order valence-electron chi connectivity index (χ3n) is 3.74. The summed E-state index contributed by atoms with van der Waals surface area (Å²) in [5.41, 5.74) is 2.91. The second-order valence-corrected chi connectivity index (χ2v) is 5.89. The van der Waals surface area contributed by atoms with Crippen molar-refractivity contribution in [2.75, 3.05) is 12.4 Å². The van der Waals surface area contributed by atoms with Gasteiger partial charge in [-0.05, 0) is 17.7 Å². The van der Waals surface area contributed by atoms with E-state index in [1.165, 1.54) is 0 Å². The van der Waals surface area contributed by atoms with Crippen LogP contribution in [0.4, 0.5) is 5.69 Å². The number of methoxy groups -OCH3 is 1. The number of halogens is 1. The summed E-state index contributed by atoms with van der Waals surface area (Å²) in [5, 5.41) is 3.96. The normalized spacial score (nSPS) is 11.2. The Morgan fingerprint density at radius 2 is 1.64 bits per heavy atom. The molecule has 0 aliphatic heterocycles. The lowest BCUT2D eigenvalue weighted by atomic mass is 10.2. The Labute approximate surface area is 153 Å². The maximum absolute atomic E-state index is 6.33. The zero-order valence-electron chi connectivity index (χ0n) is 13.9. The summed E-state index contributed by atoms with van der Waals surface area (Å²) in [6.45, 7) is 0.583. The number of ether oxygens (including phenoxy) is 1. The Hall–Kier alpha value is -2.78. The first-order valence-corrected chi connectivity index (χ1v) is 8.38. The van der Waals surface area contributed by atoms with E-state index in [1.54, 1.807) is 7.11 Å². The van der Waals surface area contributed by atoms with Crippen LogP contribution in [-0.4, -0.2) is 12.9 Å². The molecule has 0 bridgehead atoms. The second-order valence-electron chi connectivity index (χ2n) is 5.49. The largest absolute Gasteiger partial charge is 0.497 e. The maximum atomic E-state index is 6.33. The van der Waals surface area contributed by atoms with E-state index in [4.69, 9.17) is 21.3 Å². The van der Waals surface area contributed by atoms with Crippen molar-refractivity contribution < 1.29 is 4.74 Å². The predicted molar refractivity (Wildman–Crippen MR) is 105 cm³/mol. The lowest BCUT2D eigenvalue weighted by molar-refractivity contribution is 0.415. The van der Waals surface area contributed by atoms with Gasteiger partial charge in [-0.15, -0.1) is 0 Å². The van der Waals surface area contributed by atoms with Crippen LogP contribution in [0.2, 0.25) is 5.02 Å². The summed E-state index contributed by atoms with van der Waals surface area (Å²) < 4.78 is 5.29. The van der Waals surface area contributed by atoms with Crippen molar-refractivity contribution in [1.29, 1.82) is 0 Å². The molecule has 3 aromatic carbocycles. The average molecular weight is 351 g/mol. The van der Waals surface area contributed by atoms with E-state index in [-0.39, 0.29) is 0 Å². The van der Waals surface area contributed by atoms with E-state index in [9.17, 15) is 0 Å². The second kappa shape index (κ2) is 8.36. The highest BCUT2D eigenvalue weighted by atomic mass is 35.5. The van der Waals surface area contributed by atoms with Gasteiger partial charge in [-0.1, -0.05) is 72.3 Å². The van der Waals surface area contributed by atoms with Crippen molar-refractivity contribution in [3.8, 4) is 5.75 Å². The van der Waals surface area contributed by atoms with Gasteiger partial charge in [0.25, 0.3) is 0 Å². The number of rotatable bonds is 5. The Balaban J connectivity index is 1.92. The van der Waals surface area contributed by atoms with E-state index in [2.05, 4.69) is 17.4 Å². The highest BCUT2D eigenvalue weighted by Gasteiger charge is 2.08. The van der Waals surface area contributed by atoms with E-state index in [0.717, 1.165) is 28.4 Å². The first-order valence-electron chi connectivity index (χ1n) is 8.00. The molecule has 25 heavy (non-hydrogen) atoms. The number of nitrogens with one attached hydrogen (secondary N) is 1. The fourth-order valence-electron chi connectivity index (χ4n) is 2.41. The van der Waals surface area contributed by atoms with Crippen LogP contribution in [0.25, 0.3) is 0 Å². The van der Waals surface area contributed by atoms with Gasteiger partial charge in [0.15, 0.2) is 0 Å². The summed E-state index contributed by atoms with van der Waals surface area (Å²) in [7, 11) is 1.63. The molecule has 0 spiro atoms. The van der Waals surface area contributed by atoms with Crippen LogP contribution in [0.15, 0.2) is 83.9 Å². The van der Waals surface area contributed by atoms with Crippen LogP contribution in [0.5, 0.6) is 5.75 Å². The molecule has 0 saturated carbocycles. The van der Waals surface area contributed by atoms with Crippen LogP contribution in [0, 0.1) is 0 Å². The Bertz CT molecular complexity index is 848. The average Bonchev–Trinajstić information content (AvgIpc) is 2.68. The molecule has 0 heterocycles. The lowest BCUT2D eigenvalue weighted by Gasteiger charge is -2.13. The SMILES string of the molecule is COc1ccc(Cl)c(NC(=NCc2ccccc2)c2ccccc2)c1. The highest BCUT2D eigenvalue weighted by Crippen LogP contribution is 2.27. The zero-order chi connectivity index (χ0) is 17.5. The van der Waals surface area contributed by atoms with Crippen LogP contribution in [0.3, 0.4) is 0 Å². The molecular weight excluding hydrogens is 332 g/mol. The van der Waals surface area contributed by atoms with Gasteiger partial charge < -0.3 is 10.1 Å². The van der Waals surface area contributed by atoms with Crippen LogP contribution in [-0.2, 0) is 6.54 Å². The quantitative estimate of drug-likeness (QED) is 0.493. The molecule has 3 aromatic rings. The Morgan fingerprint density at radius 3 is 2.32 bits per heavy atom. The summed E-state index contributed by atoms with van der Waals surface area (Å²) in [6.07, 6.45) is 0. The number of amidine groups is 1. The van der Waals surface area contributed by atoms with Crippen LogP contribution >= 0.6 is 11.6 Å². The minimum atomic E-state index is 0.583. The van der Waals surface area contributed by atoms with Crippen molar-refractivity contribution in [2.45, 2.75) is 6.54 Å². The topological polar surface area (TPSA) is 33.6 Å². The number of nitrogens with zero attached hydrogens (tertiary/aromatic N) is 1. The van der Waals surface area contributed by atoms with Gasteiger partial charge in [-0.3, -0.25) is 4.99 Å². The van der Waals surface area contributed by atoms with Crippen molar-refractivity contribution >= 4 is 23.1 Å². The number of hydrogen-bond donors (Lipinski definition) is 1. The number of hydrogen-bond acceptors (Lipinski definition) is 2. The van der Waals surface area contributed by atoms with Crippen molar-refractivity contribution in [3.05, 3.63) is 95.0 Å². The molecule has 1 N–H and O–H groups in total. The molecule has 0 aromatic heterocycles. The van der Waals surface area contributed by atoms with Gasteiger partial charge in [-0.25, -0.2) is 0 Å². The highest BCUT2D eigenvalue weighted by molar-refractivity contribution is 6.34. The van der Waals surface area contributed by atoms with Crippen LogP contribution in [0.1, 0.15) is 11.1 Å². The molecule has 3 nitrogen and oxygen atoms in total. The van der Waals surface area contributed by atoms with E-state index in [1.807, 2.05) is 66.7 Å². The fraction of sp³-hybridized carbons (Fsp3) is 0.0952. The van der Waals surface area contributed by atoms with Crippen molar-refractivity contribution in [2.24, 2.45) is 4.99 Å². The minimum absolute atomic E-state index is 0.583. The first kappa shape index (κ1) is 17.1. The van der Waals surface area contributed by atoms with Gasteiger partial charge in [0.05, 0.1) is 24.4 Å². The third-order valence-corrected chi connectivity index (χ3v) is 4.07. The van der Waals surface area contributed by atoms with Crippen molar-refractivity contribution in [3.63, 3.8) is 0 Å². The molecule has 0 unspecified atom stereocenters. The molecular formula is C21H19ClN2O. The monoisotopic (exact) mass is 350 g/mol. The molecule has 0 radical (unpaired) electrons. The Morgan fingerprint density at radius 1 is 0.960 bits per heavy atom. The smallest absolute Gasteiger partial charge is 0.133 e. The molecule has 0 aliphatic carbocycles. The van der Waals surface area contributed by atoms with E-state index < -0.39 is 0 Å². The molecule has 3 rings (SSSR count). The number of anilines is 1. The number of aliphatic imine (C=N–C) groups is 1. The maximum Gasteiger partial charge on any atom is 0.133 e. The molecule has 0 amide bonds. The van der Waals surface area contributed by atoms with Gasteiger partial charge in [-0.2, -0.15) is 0 Å². The standard InChI is InChI=1S/C21H19ClN2O/c1-25-18-12-13-19(22)20(14-18)24-21(17-10-6-3-7-11-17)23-15-16-8-4-2-5-9-16/h2-14H,15H2,1H3,(H,23,24). The van der Waals surface area contributed by atoms with Crippen LogP contribution < -0.4 is 10.1 Å². The molecule has 0 fully saturated rings. The fourth-order valence-corrected chi connectivity index (χ4v) is 2.57. The molecule has 126 valence electrons. The van der Waals surface area contributed by atoms with Crippen molar-refractivity contribution in [1.82, 2.24) is 0 Å². The molecule has 0 saturated heterocycles. The predicted octanol–water partition coefficient (Wildman–Crippen LogP) is 5.41. The van der Waals surface area contributed by atoms with Gasteiger partial charge >= 0.3 is 0 Å². The molecule has 0 aliphatic rings. The van der Waals surface area contributed by atoms with Gasteiger partial charge in [0, 0.05) is 11.6 Å². The summed E-state index contributed by atoms with van der Waals surface area (Å²) in [4.78, 5) is 4.76. The lowest BCUT2D eigenvalue weighted by Crippen LogP contribution is -2.14. The third kappa shape index (κ3) is 4.61. The zero-order valence-corrected chi connectivity index (χ0v) is 14.7.